The molecule has 1 aliphatic carbocycles. The summed E-state index contributed by atoms with van der Waals surface area (Å²) in [6, 6.07) is 17.0. The van der Waals surface area contributed by atoms with Crippen LogP contribution < -0.4 is 24.3 Å². The van der Waals surface area contributed by atoms with Crippen molar-refractivity contribution in [3.05, 3.63) is 60.2 Å². The van der Waals surface area contributed by atoms with Crippen molar-refractivity contribution in [1.29, 1.82) is 0 Å². The Morgan fingerprint density at radius 1 is 0.700 bits per heavy atom. The molecular formula is C32H35N3O5. The number of aromatic nitrogens is 2. The van der Waals surface area contributed by atoms with Crippen LogP contribution in [0.1, 0.15) is 43.0 Å². The Balaban J connectivity index is 1.62. The number of amides is 1. The number of hydrogen-bond donors (Lipinski definition) is 1. The van der Waals surface area contributed by atoms with Crippen LogP contribution in [0.15, 0.2) is 54.6 Å². The molecule has 208 valence electrons. The highest BCUT2D eigenvalue weighted by Gasteiger charge is 2.24. The fourth-order valence-electron chi connectivity index (χ4n) is 5.35. The van der Waals surface area contributed by atoms with E-state index in [2.05, 4.69) is 12.2 Å². The Kier molecular flexibility index (Phi) is 8.05. The van der Waals surface area contributed by atoms with Crippen LogP contribution in [0.25, 0.3) is 33.5 Å². The van der Waals surface area contributed by atoms with Gasteiger partial charge in [0.25, 0.3) is 5.91 Å². The Morgan fingerprint density at radius 2 is 1.25 bits per heavy atom. The molecule has 1 amide bonds. The molecule has 1 aromatic heterocycles. The predicted molar refractivity (Wildman–Crippen MR) is 156 cm³/mol. The Hall–Kier alpha value is -4.33. The van der Waals surface area contributed by atoms with E-state index in [1.54, 1.807) is 28.4 Å². The number of benzene rings is 3. The van der Waals surface area contributed by atoms with Crippen molar-refractivity contribution in [3.8, 4) is 45.5 Å². The lowest BCUT2D eigenvalue weighted by Crippen LogP contribution is -2.41. The fraction of sp³-hybridized carbons (Fsp3) is 0.344. The van der Waals surface area contributed by atoms with Gasteiger partial charge in [-0.1, -0.05) is 19.8 Å². The van der Waals surface area contributed by atoms with Crippen LogP contribution in [0.5, 0.6) is 23.0 Å². The molecular weight excluding hydrogens is 506 g/mol. The molecule has 3 aromatic carbocycles. The minimum Gasteiger partial charge on any atom is -0.493 e. The van der Waals surface area contributed by atoms with Gasteiger partial charge in [-0.15, -0.1) is 0 Å². The van der Waals surface area contributed by atoms with Crippen molar-refractivity contribution in [1.82, 2.24) is 15.3 Å². The third kappa shape index (κ3) is 5.39. The zero-order valence-electron chi connectivity index (χ0n) is 23.6. The highest BCUT2D eigenvalue weighted by molar-refractivity contribution is 5.98. The minimum atomic E-state index is -0.0842. The number of hydrogen-bond acceptors (Lipinski definition) is 7. The highest BCUT2D eigenvalue weighted by Crippen LogP contribution is 2.39. The topological polar surface area (TPSA) is 91.8 Å². The number of nitrogens with one attached hydrogen (secondary N) is 1. The molecule has 1 saturated carbocycles. The maximum Gasteiger partial charge on any atom is 0.251 e. The molecule has 0 aliphatic heterocycles. The van der Waals surface area contributed by atoms with E-state index >= 15 is 0 Å². The molecule has 40 heavy (non-hydrogen) atoms. The number of rotatable bonds is 8. The van der Waals surface area contributed by atoms with Gasteiger partial charge in [0.05, 0.1) is 50.9 Å². The van der Waals surface area contributed by atoms with Gasteiger partial charge in [-0.25, -0.2) is 9.97 Å². The van der Waals surface area contributed by atoms with Gasteiger partial charge in [0, 0.05) is 22.7 Å². The molecule has 4 aromatic rings. The number of fused-ring (bicyclic) bond motifs is 1. The van der Waals surface area contributed by atoms with Crippen LogP contribution in [-0.2, 0) is 0 Å². The monoisotopic (exact) mass is 541 g/mol. The SMILES string of the molecule is COc1ccc(-c2nc3ccc(C(=O)N[C@@H]4CCCC[C@@H]4C)cc3nc2-c2ccc(OC)c(OC)c2)cc1OC. The molecule has 8 heteroatoms. The Labute approximate surface area is 234 Å². The van der Waals surface area contributed by atoms with Crippen LogP contribution in [0.3, 0.4) is 0 Å². The van der Waals surface area contributed by atoms with Crippen LogP contribution in [0, 0.1) is 5.92 Å². The number of carbonyl (C=O) groups excluding carboxylic acids is 1. The zero-order chi connectivity index (χ0) is 28.2. The van der Waals surface area contributed by atoms with Gasteiger partial charge < -0.3 is 24.3 Å². The highest BCUT2D eigenvalue weighted by atomic mass is 16.5. The number of carbonyl (C=O) groups is 1. The maximum absolute atomic E-state index is 13.2. The van der Waals surface area contributed by atoms with E-state index in [-0.39, 0.29) is 11.9 Å². The standard InChI is InChI=1S/C32H35N3O5/c1-19-8-6-7-9-23(19)35-32(36)22-10-13-24-25(16-22)34-31(21-12-15-27(38-3)29(18-21)40-5)30(33-24)20-11-14-26(37-2)28(17-20)39-4/h10-19,23H,6-9H2,1-5H3,(H,35,36)/t19-,23+/m0/s1. The van der Waals surface area contributed by atoms with Crippen LogP contribution in [0.2, 0.25) is 0 Å². The summed E-state index contributed by atoms with van der Waals surface area (Å²) in [5, 5.41) is 3.24. The van der Waals surface area contributed by atoms with Crippen molar-refractivity contribution >= 4 is 16.9 Å². The predicted octanol–water partition coefficient (Wildman–Crippen LogP) is 6.31. The molecule has 8 nitrogen and oxygen atoms in total. The minimum absolute atomic E-state index is 0.0842. The Morgan fingerprint density at radius 3 is 1.80 bits per heavy atom. The van der Waals surface area contributed by atoms with Crippen molar-refractivity contribution in [2.75, 3.05) is 28.4 Å². The van der Waals surface area contributed by atoms with Gasteiger partial charge in [0.1, 0.15) is 0 Å². The van der Waals surface area contributed by atoms with Crippen molar-refractivity contribution in [2.45, 2.75) is 38.6 Å². The van der Waals surface area contributed by atoms with Crippen molar-refractivity contribution < 1.29 is 23.7 Å². The first-order chi connectivity index (χ1) is 19.4. The molecule has 0 unspecified atom stereocenters. The first-order valence-electron chi connectivity index (χ1n) is 13.5. The molecule has 0 bridgehead atoms. The summed E-state index contributed by atoms with van der Waals surface area (Å²) in [7, 11) is 6.40. The Bertz CT molecular complexity index is 1540. The molecule has 1 aliphatic rings. The first kappa shape index (κ1) is 27.2. The second-order valence-corrected chi connectivity index (χ2v) is 10.1. The van der Waals surface area contributed by atoms with Crippen molar-refractivity contribution in [2.24, 2.45) is 5.92 Å². The van der Waals surface area contributed by atoms with Gasteiger partial charge in [0.2, 0.25) is 0 Å². The summed E-state index contributed by atoms with van der Waals surface area (Å²) in [5.74, 6) is 2.79. The third-order valence-corrected chi connectivity index (χ3v) is 7.67. The van der Waals surface area contributed by atoms with Gasteiger partial charge in [-0.3, -0.25) is 4.79 Å². The van der Waals surface area contributed by atoms with Crippen LogP contribution in [0.4, 0.5) is 0 Å². The molecule has 0 spiro atoms. The second-order valence-electron chi connectivity index (χ2n) is 10.1. The maximum atomic E-state index is 13.2. The van der Waals surface area contributed by atoms with Crippen LogP contribution >= 0.6 is 0 Å². The average molecular weight is 542 g/mol. The smallest absolute Gasteiger partial charge is 0.251 e. The van der Waals surface area contributed by atoms with E-state index in [1.165, 1.54) is 6.42 Å². The van der Waals surface area contributed by atoms with E-state index in [4.69, 9.17) is 28.9 Å². The van der Waals surface area contributed by atoms with Crippen molar-refractivity contribution in [3.63, 3.8) is 0 Å². The molecule has 5 rings (SSSR count). The fourth-order valence-corrected chi connectivity index (χ4v) is 5.35. The van der Waals surface area contributed by atoms with E-state index in [0.29, 0.717) is 56.9 Å². The van der Waals surface area contributed by atoms with Gasteiger partial charge in [0.15, 0.2) is 23.0 Å². The third-order valence-electron chi connectivity index (χ3n) is 7.67. The van der Waals surface area contributed by atoms with Gasteiger partial charge in [-0.05, 0) is 73.4 Å². The number of ether oxygens (including phenoxy) is 4. The molecule has 1 fully saturated rings. The average Bonchev–Trinajstić information content (AvgIpc) is 3.00. The molecule has 1 N–H and O–H groups in total. The lowest BCUT2D eigenvalue weighted by Gasteiger charge is -2.29. The summed E-state index contributed by atoms with van der Waals surface area (Å²) < 4.78 is 22.0. The lowest BCUT2D eigenvalue weighted by atomic mass is 9.86. The summed E-state index contributed by atoms with van der Waals surface area (Å²) in [6.07, 6.45) is 4.52. The largest absolute Gasteiger partial charge is 0.493 e. The summed E-state index contributed by atoms with van der Waals surface area (Å²) >= 11 is 0. The van der Waals surface area contributed by atoms with E-state index in [9.17, 15) is 4.79 Å². The molecule has 2 atom stereocenters. The first-order valence-corrected chi connectivity index (χ1v) is 13.5. The number of methoxy groups -OCH3 is 4. The summed E-state index contributed by atoms with van der Waals surface area (Å²) in [4.78, 5) is 23.3. The second kappa shape index (κ2) is 11.8. The summed E-state index contributed by atoms with van der Waals surface area (Å²) in [5.41, 5.74) is 4.77. The van der Waals surface area contributed by atoms with E-state index in [0.717, 1.165) is 30.4 Å². The lowest BCUT2D eigenvalue weighted by molar-refractivity contribution is 0.0910. The number of nitrogens with zero attached hydrogens (tertiary/aromatic N) is 2. The van der Waals surface area contributed by atoms with Crippen LogP contribution in [-0.4, -0.2) is 50.4 Å². The zero-order valence-corrected chi connectivity index (χ0v) is 23.6. The normalized spacial score (nSPS) is 16.8. The summed E-state index contributed by atoms with van der Waals surface area (Å²) in [6.45, 7) is 2.21. The van der Waals surface area contributed by atoms with Gasteiger partial charge in [-0.2, -0.15) is 0 Å². The van der Waals surface area contributed by atoms with E-state index < -0.39 is 0 Å². The quantitative estimate of drug-likeness (QED) is 0.280. The molecule has 1 heterocycles. The van der Waals surface area contributed by atoms with E-state index in [1.807, 2.05) is 54.6 Å². The van der Waals surface area contributed by atoms with Gasteiger partial charge >= 0.3 is 0 Å². The molecule has 0 saturated heterocycles. The molecule has 0 radical (unpaired) electrons.